The number of aryl methyl sites for hydroxylation is 2. The van der Waals surface area contributed by atoms with Crippen LogP contribution in [0, 0.1) is 0 Å². The first-order valence-electron chi connectivity index (χ1n) is 9.39. The van der Waals surface area contributed by atoms with E-state index >= 15 is 0 Å². The van der Waals surface area contributed by atoms with Crippen molar-refractivity contribution < 1.29 is 13.2 Å². The van der Waals surface area contributed by atoms with Crippen LogP contribution >= 0.6 is 0 Å². The lowest BCUT2D eigenvalue weighted by atomic mass is 10.0. The van der Waals surface area contributed by atoms with Gasteiger partial charge in [0.05, 0.1) is 18.1 Å². The minimum Gasteiger partial charge on any atom is -0.494 e. The van der Waals surface area contributed by atoms with Gasteiger partial charge in [-0.15, -0.1) is 0 Å². The Morgan fingerprint density at radius 2 is 1.84 bits per heavy atom. The Bertz CT molecular complexity index is 762. The van der Waals surface area contributed by atoms with Crippen molar-refractivity contribution in [3.63, 3.8) is 0 Å². The third-order valence-corrected chi connectivity index (χ3v) is 7.72. The number of rotatable bonds is 4. The van der Waals surface area contributed by atoms with E-state index in [1.54, 1.807) is 0 Å². The molecule has 0 amide bonds. The molecule has 25 heavy (non-hydrogen) atoms. The predicted octanol–water partition coefficient (Wildman–Crippen LogP) is 1.49. The second-order valence-corrected chi connectivity index (χ2v) is 9.83. The molecule has 1 aromatic carbocycles. The summed E-state index contributed by atoms with van der Waals surface area (Å²) < 4.78 is 30.3. The van der Waals surface area contributed by atoms with Crippen LogP contribution in [0.4, 0.5) is 0 Å². The van der Waals surface area contributed by atoms with Crippen LogP contribution in [0.1, 0.15) is 30.0 Å². The molecule has 2 aliphatic heterocycles. The van der Waals surface area contributed by atoms with Crippen LogP contribution in [0.3, 0.4) is 0 Å². The van der Waals surface area contributed by atoms with Gasteiger partial charge in [0.2, 0.25) is 0 Å². The van der Waals surface area contributed by atoms with E-state index in [1.807, 2.05) is 6.92 Å². The van der Waals surface area contributed by atoms with E-state index in [0.717, 1.165) is 38.2 Å². The molecule has 0 saturated carbocycles. The molecule has 5 nitrogen and oxygen atoms in total. The van der Waals surface area contributed by atoms with Crippen molar-refractivity contribution in [2.75, 3.05) is 38.2 Å². The van der Waals surface area contributed by atoms with E-state index in [1.165, 1.54) is 23.1 Å². The quantitative estimate of drug-likeness (QED) is 0.810. The van der Waals surface area contributed by atoms with Crippen LogP contribution in [0.2, 0.25) is 0 Å². The van der Waals surface area contributed by atoms with Gasteiger partial charge < -0.3 is 4.74 Å². The number of nitrogens with zero attached hydrogens (tertiary/aromatic N) is 2. The Labute approximate surface area is 150 Å². The van der Waals surface area contributed by atoms with Gasteiger partial charge in [-0.25, -0.2) is 8.42 Å². The van der Waals surface area contributed by atoms with Gasteiger partial charge in [-0.2, -0.15) is 0 Å². The van der Waals surface area contributed by atoms with Crippen molar-refractivity contribution >= 4 is 9.84 Å². The molecule has 6 heteroatoms. The van der Waals surface area contributed by atoms with Gasteiger partial charge in [0.15, 0.2) is 9.84 Å². The Hall–Kier alpha value is -1.11. The van der Waals surface area contributed by atoms with Gasteiger partial charge in [-0.1, -0.05) is 6.07 Å². The summed E-state index contributed by atoms with van der Waals surface area (Å²) in [6, 6.07) is 4.76. The zero-order valence-corrected chi connectivity index (χ0v) is 16.0. The van der Waals surface area contributed by atoms with E-state index in [9.17, 15) is 8.42 Å². The molecule has 1 aliphatic carbocycles. The highest BCUT2D eigenvalue weighted by molar-refractivity contribution is 7.91. The Morgan fingerprint density at radius 1 is 1.12 bits per heavy atom. The molecule has 2 fully saturated rings. The van der Waals surface area contributed by atoms with Crippen LogP contribution < -0.4 is 4.74 Å². The number of fused-ring (bicyclic) bond motifs is 2. The van der Waals surface area contributed by atoms with Crippen molar-refractivity contribution in [2.24, 2.45) is 0 Å². The summed E-state index contributed by atoms with van der Waals surface area (Å²) >= 11 is 0. The zero-order chi connectivity index (χ0) is 17.6. The Kier molecular flexibility index (Phi) is 4.54. The molecule has 0 unspecified atom stereocenters. The molecule has 2 atom stereocenters. The summed E-state index contributed by atoms with van der Waals surface area (Å²) in [5.41, 5.74) is 4.09. The summed E-state index contributed by atoms with van der Waals surface area (Å²) in [6.45, 7) is 5.30. The van der Waals surface area contributed by atoms with E-state index < -0.39 is 9.84 Å². The molecular formula is C19H28N2O3S. The summed E-state index contributed by atoms with van der Waals surface area (Å²) in [5.74, 6) is 1.57. The van der Waals surface area contributed by atoms with Gasteiger partial charge in [-0.3, -0.25) is 9.80 Å². The SMILES string of the molecule is CCOc1cc2c(cc1CN1CCN(C)[C@H]3CS(=O)(=O)C[C@H]31)CCC2. The second kappa shape index (κ2) is 6.56. The number of hydrogen-bond donors (Lipinski definition) is 0. The largest absolute Gasteiger partial charge is 0.494 e. The minimum atomic E-state index is -2.93. The summed E-state index contributed by atoms with van der Waals surface area (Å²) in [5, 5.41) is 0. The van der Waals surface area contributed by atoms with Gasteiger partial charge in [-0.05, 0) is 50.4 Å². The highest BCUT2D eigenvalue weighted by atomic mass is 32.2. The lowest BCUT2D eigenvalue weighted by molar-refractivity contribution is 0.0566. The maximum atomic E-state index is 12.2. The smallest absolute Gasteiger partial charge is 0.153 e. The lowest BCUT2D eigenvalue weighted by Crippen LogP contribution is -2.57. The predicted molar refractivity (Wildman–Crippen MR) is 98.9 cm³/mol. The molecule has 2 heterocycles. The van der Waals surface area contributed by atoms with Crippen LogP contribution in [-0.4, -0.2) is 68.6 Å². The molecule has 4 rings (SSSR count). The third-order valence-electron chi connectivity index (χ3n) is 6.02. The maximum Gasteiger partial charge on any atom is 0.153 e. The molecule has 0 bridgehead atoms. The number of benzene rings is 1. The van der Waals surface area contributed by atoms with Crippen molar-refractivity contribution in [3.8, 4) is 5.75 Å². The number of hydrogen-bond acceptors (Lipinski definition) is 5. The fourth-order valence-electron chi connectivity index (χ4n) is 4.68. The van der Waals surface area contributed by atoms with E-state index in [2.05, 4.69) is 29.0 Å². The molecule has 0 aromatic heterocycles. The van der Waals surface area contributed by atoms with Crippen LogP contribution in [0.25, 0.3) is 0 Å². The maximum absolute atomic E-state index is 12.2. The van der Waals surface area contributed by atoms with Gasteiger partial charge >= 0.3 is 0 Å². The number of piperazine rings is 1. The molecule has 138 valence electrons. The summed E-state index contributed by atoms with van der Waals surface area (Å²) in [4.78, 5) is 4.59. The lowest BCUT2D eigenvalue weighted by Gasteiger charge is -2.42. The summed E-state index contributed by atoms with van der Waals surface area (Å²) in [6.07, 6.45) is 3.52. The number of likely N-dealkylation sites (N-methyl/N-ethyl adjacent to an activating group) is 1. The molecule has 1 aromatic rings. The van der Waals surface area contributed by atoms with Crippen LogP contribution in [0.15, 0.2) is 12.1 Å². The minimum absolute atomic E-state index is 0.103. The van der Waals surface area contributed by atoms with E-state index in [4.69, 9.17) is 4.74 Å². The first-order chi connectivity index (χ1) is 12.0. The normalized spacial score (nSPS) is 28.7. The zero-order valence-electron chi connectivity index (χ0n) is 15.2. The average Bonchev–Trinajstić information content (AvgIpc) is 3.13. The number of ether oxygens (including phenoxy) is 1. The molecule has 0 N–H and O–H groups in total. The molecule has 3 aliphatic rings. The number of sulfone groups is 1. The van der Waals surface area contributed by atoms with Gasteiger partial charge in [0.25, 0.3) is 0 Å². The summed E-state index contributed by atoms with van der Waals surface area (Å²) in [7, 11) is -0.879. The Balaban J connectivity index is 1.61. The van der Waals surface area contributed by atoms with Gasteiger partial charge in [0.1, 0.15) is 5.75 Å². The molecule has 2 saturated heterocycles. The second-order valence-electron chi connectivity index (χ2n) is 7.68. The molecule has 0 radical (unpaired) electrons. The highest BCUT2D eigenvalue weighted by Gasteiger charge is 2.45. The fourth-order valence-corrected chi connectivity index (χ4v) is 6.77. The first kappa shape index (κ1) is 17.3. The Morgan fingerprint density at radius 3 is 2.60 bits per heavy atom. The van der Waals surface area contributed by atoms with E-state index in [-0.39, 0.29) is 17.8 Å². The van der Waals surface area contributed by atoms with Crippen LogP contribution in [0.5, 0.6) is 5.75 Å². The van der Waals surface area contributed by atoms with Crippen molar-refractivity contribution in [1.29, 1.82) is 0 Å². The first-order valence-corrected chi connectivity index (χ1v) is 11.2. The average molecular weight is 365 g/mol. The van der Waals surface area contributed by atoms with Crippen molar-refractivity contribution in [2.45, 2.75) is 44.8 Å². The monoisotopic (exact) mass is 364 g/mol. The topological polar surface area (TPSA) is 49.9 Å². The fraction of sp³-hybridized carbons (Fsp3) is 0.684. The van der Waals surface area contributed by atoms with Crippen molar-refractivity contribution in [3.05, 3.63) is 28.8 Å². The third kappa shape index (κ3) is 3.32. The molecule has 0 spiro atoms. The van der Waals surface area contributed by atoms with E-state index in [0.29, 0.717) is 12.4 Å². The molecular weight excluding hydrogens is 336 g/mol. The van der Waals surface area contributed by atoms with Crippen LogP contribution in [-0.2, 0) is 29.2 Å². The highest BCUT2D eigenvalue weighted by Crippen LogP contribution is 2.33. The van der Waals surface area contributed by atoms with Crippen molar-refractivity contribution in [1.82, 2.24) is 9.80 Å². The standard InChI is InChI=1S/C19H28N2O3S/c1-3-24-19-10-15-6-4-5-14(15)9-16(19)11-21-8-7-20(2)17-12-25(22,23)13-18(17)21/h9-10,17-18H,3-8,11-13H2,1-2H3/t17-,18+/m0/s1. The van der Waals surface area contributed by atoms with Gasteiger partial charge in [0, 0.05) is 37.3 Å².